The van der Waals surface area contributed by atoms with E-state index in [9.17, 15) is 14.7 Å². The summed E-state index contributed by atoms with van der Waals surface area (Å²) in [7, 11) is 1.59. The van der Waals surface area contributed by atoms with Crippen molar-refractivity contribution in [2.24, 2.45) is 5.92 Å². The Morgan fingerprint density at radius 2 is 2.00 bits per heavy atom. The van der Waals surface area contributed by atoms with Gasteiger partial charge in [0.05, 0.1) is 18.8 Å². The number of carboxylic acid groups (broad SMARTS) is 1. The Morgan fingerprint density at radius 1 is 1.24 bits per heavy atom. The molecule has 1 saturated heterocycles. The Balaban J connectivity index is 1.93. The molecule has 3 atom stereocenters. The SMILES string of the molecule is COc1cc(C(=O)N2[C@@H](c3cccs3)[C@@H](c3cnccn3)C[C@@]2(CC(C)C)C(=O)O)ccc1C(C)(C)C. The van der Waals surface area contributed by atoms with Crippen molar-refractivity contribution in [1.29, 1.82) is 0 Å². The zero-order chi connectivity index (χ0) is 27.0. The fourth-order valence-electron chi connectivity index (χ4n) is 5.61. The summed E-state index contributed by atoms with van der Waals surface area (Å²) in [6.07, 6.45) is 5.48. The lowest BCUT2D eigenvalue weighted by molar-refractivity contribution is -0.150. The van der Waals surface area contributed by atoms with Crippen LogP contribution >= 0.6 is 11.3 Å². The fourth-order valence-corrected chi connectivity index (χ4v) is 6.49. The molecule has 0 unspecified atom stereocenters. The number of thiophene rings is 1. The Labute approximate surface area is 222 Å². The normalized spacial score (nSPS) is 21.9. The van der Waals surface area contributed by atoms with Crippen LogP contribution in [0, 0.1) is 5.92 Å². The molecule has 8 heteroatoms. The van der Waals surface area contributed by atoms with Crippen LogP contribution in [-0.2, 0) is 10.2 Å². The first-order chi connectivity index (χ1) is 17.5. The van der Waals surface area contributed by atoms with Crippen molar-refractivity contribution in [3.05, 3.63) is 76.0 Å². The van der Waals surface area contributed by atoms with E-state index in [1.165, 1.54) is 11.3 Å². The third-order valence-electron chi connectivity index (χ3n) is 7.10. The minimum atomic E-state index is -1.40. The third kappa shape index (κ3) is 4.99. The van der Waals surface area contributed by atoms with Crippen LogP contribution < -0.4 is 4.74 Å². The van der Waals surface area contributed by atoms with Gasteiger partial charge in [-0.1, -0.05) is 46.8 Å². The molecule has 1 fully saturated rings. The number of hydrogen-bond acceptors (Lipinski definition) is 6. The van der Waals surface area contributed by atoms with Gasteiger partial charge in [0.2, 0.25) is 0 Å². The van der Waals surface area contributed by atoms with E-state index in [0.717, 1.165) is 10.4 Å². The van der Waals surface area contributed by atoms with E-state index in [2.05, 4.69) is 30.7 Å². The van der Waals surface area contributed by atoms with Gasteiger partial charge in [0.1, 0.15) is 11.3 Å². The van der Waals surface area contributed by atoms with Gasteiger partial charge in [0, 0.05) is 34.9 Å². The van der Waals surface area contributed by atoms with Gasteiger partial charge in [-0.25, -0.2) is 4.79 Å². The summed E-state index contributed by atoms with van der Waals surface area (Å²) in [6, 6.07) is 8.84. The predicted octanol–water partition coefficient (Wildman–Crippen LogP) is 6.08. The first kappa shape index (κ1) is 26.8. The second-order valence-corrected chi connectivity index (χ2v) is 12.2. The molecule has 1 N–H and O–H groups in total. The maximum Gasteiger partial charge on any atom is 0.329 e. The smallest absolute Gasteiger partial charge is 0.329 e. The predicted molar refractivity (Wildman–Crippen MR) is 144 cm³/mol. The molecule has 0 radical (unpaired) electrons. The second kappa shape index (κ2) is 10.2. The molecular weight excluding hydrogens is 486 g/mol. The molecule has 0 aliphatic carbocycles. The van der Waals surface area contributed by atoms with Crippen LogP contribution in [0.3, 0.4) is 0 Å². The lowest BCUT2D eigenvalue weighted by Crippen LogP contribution is -2.54. The number of hydrogen-bond donors (Lipinski definition) is 1. The van der Waals surface area contributed by atoms with Crippen molar-refractivity contribution in [3.63, 3.8) is 0 Å². The van der Waals surface area contributed by atoms with E-state index in [0.29, 0.717) is 23.4 Å². The molecule has 7 nitrogen and oxygen atoms in total. The number of nitrogens with zero attached hydrogens (tertiary/aromatic N) is 3. The van der Waals surface area contributed by atoms with Gasteiger partial charge in [0.15, 0.2) is 0 Å². The number of carboxylic acids is 1. The van der Waals surface area contributed by atoms with E-state index in [1.807, 2.05) is 37.4 Å². The standard InChI is InChI=1S/C29H35N3O4S/c1-18(2)15-29(27(34)35)16-20(22-17-30-11-12-31-22)25(24-8-7-13-37-24)32(29)26(33)19-9-10-21(28(3,4)5)23(14-19)36-6/h7-14,17-18,20,25H,15-16H2,1-6H3,(H,34,35)/t20-,25-,29+/m1/s1. The number of likely N-dealkylation sites (tertiary alicyclic amines) is 1. The first-order valence-electron chi connectivity index (χ1n) is 12.5. The number of aliphatic carboxylic acids is 1. The summed E-state index contributed by atoms with van der Waals surface area (Å²) in [6.45, 7) is 10.2. The Morgan fingerprint density at radius 3 is 2.54 bits per heavy atom. The van der Waals surface area contributed by atoms with Crippen molar-refractivity contribution >= 4 is 23.2 Å². The lowest BCUT2D eigenvalue weighted by atomic mass is 9.82. The fraction of sp³-hybridized carbons (Fsp3) is 0.448. The highest BCUT2D eigenvalue weighted by atomic mass is 32.1. The highest BCUT2D eigenvalue weighted by molar-refractivity contribution is 7.10. The van der Waals surface area contributed by atoms with E-state index < -0.39 is 17.6 Å². The number of ether oxygens (including phenoxy) is 1. The van der Waals surface area contributed by atoms with Crippen LogP contribution in [0.25, 0.3) is 0 Å². The van der Waals surface area contributed by atoms with Crippen LogP contribution in [0.5, 0.6) is 5.75 Å². The third-order valence-corrected chi connectivity index (χ3v) is 8.04. The molecule has 3 heterocycles. The molecule has 1 aliphatic heterocycles. The average Bonchev–Trinajstić information content (AvgIpc) is 3.49. The van der Waals surface area contributed by atoms with E-state index in [-0.39, 0.29) is 29.6 Å². The lowest BCUT2D eigenvalue weighted by Gasteiger charge is -2.39. The Kier molecular flexibility index (Phi) is 7.42. The number of rotatable bonds is 7. The monoisotopic (exact) mass is 521 g/mol. The van der Waals surface area contributed by atoms with Crippen molar-refractivity contribution in [3.8, 4) is 5.75 Å². The highest BCUT2D eigenvalue weighted by Gasteiger charge is 2.60. The zero-order valence-electron chi connectivity index (χ0n) is 22.3. The topological polar surface area (TPSA) is 92.6 Å². The number of carbonyl (C=O) groups excluding carboxylic acids is 1. The van der Waals surface area contributed by atoms with E-state index in [4.69, 9.17) is 4.74 Å². The molecule has 0 spiro atoms. The van der Waals surface area contributed by atoms with Crippen LogP contribution in [0.4, 0.5) is 0 Å². The van der Waals surface area contributed by atoms with Gasteiger partial charge < -0.3 is 14.7 Å². The van der Waals surface area contributed by atoms with Gasteiger partial charge >= 0.3 is 5.97 Å². The van der Waals surface area contributed by atoms with Crippen molar-refractivity contribution in [2.45, 2.75) is 70.4 Å². The molecule has 3 aromatic rings. The summed E-state index contributed by atoms with van der Waals surface area (Å²) in [5, 5.41) is 12.7. The van der Waals surface area contributed by atoms with Crippen LogP contribution in [0.2, 0.25) is 0 Å². The zero-order valence-corrected chi connectivity index (χ0v) is 23.1. The summed E-state index contributed by atoms with van der Waals surface area (Å²) >= 11 is 1.52. The number of amides is 1. The summed E-state index contributed by atoms with van der Waals surface area (Å²) < 4.78 is 5.68. The molecular formula is C29H35N3O4S. The summed E-state index contributed by atoms with van der Waals surface area (Å²) in [5.41, 5.74) is 0.483. The largest absolute Gasteiger partial charge is 0.496 e. The van der Waals surface area contributed by atoms with E-state index >= 15 is 0 Å². The average molecular weight is 522 g/mol. The maximum absolute atomic E-state index is 14.4. The molecule has 1 aromatic carbocycles. The number of carbonyl (C=O) groups is 2. The van der Waals surface area contributed by atoms with Crippen molar-refractivity contribution in [2.75, 3.05) is 7.11 Å². The van der Waals surface area contributed by atoms with Crippen LogP contribution in [-0.4, -0.2) is 44.5 Å². The molecule has 2 aromatic heterocycles. The molecule has 196 valence electrons. The Bertz CT molecular complexity index is 1250. The van der Waals surface area contributed by atoms with Gasteiger partial charge in [0.25, 0.3) is 5.91 Å². The van der Waals surface area contributed by atoms with Crippen LogP contribution in [0.15, 0.2) is 54.3 Å². The van der Waals surface area contributed by atoms with Gasteiger partial charge in [-0.05, 0) is 53.3 Å². The number of aromatic nitrogens is 2. The van der Waals surface area contributed by atoms with Gasteiger partial charge in [-0.15, -0.1) is 11.3 Å². The van der Waals surface area contributed by atoms with E-state index in [1.54, 1.807) is 42.7 Å². The van der Waals surface area contributed by atoms with Crippen LogP contribution in [0.1, 0.15) is 85.9 Å². The molecule has 1 amide bonds. The van der Waals surface area contributed by atoms with Gasteiger partial charge in [-0.2, -0.15) is 0 Å². The minimum absolute atomic E-state index is 0.0498. The highest BCUT2D eigenvalue weighted by Crippen LogP contribution is 2.55. The number of benzene rings is 1. The molecule has 0 bridgehead atoms. The quantitative estimate of drug-likeness (QED) is 0.405. The molecule has 1 aliphatic rings. The maximum atomic E-state index is 14.4. The first-order valence-corrected chi connectivity index (χ1v) is 13.4. The molecule has 4 rings (SSSR count). The number of methoxy groups -OCH3 is 1. The van der Waals surface area contributed by atoms with Crippen molar-refractivity contribution < 1.29 is 19.4 Å². The van der Waals surface area contributed by atoms with Crippen molar-refractivity contribution in [1.82, 2.24) is 14.9 Å². The van der Waals surface area contributed by atoms with Gasteiger partial charge in [-0.3, -0.25) is 14.8 Å². The summed E-state index contributed by atoms with van der Waals surface area (Å²) in [5.74, 6) is -0.983. The minimum Gasteiger partial charge on any atom is -0.496 e. The second-order valence-electron chi connectivity index (χ2n) is 11.2. The summed E-state index contributed by atoms with van der Waals surface area (Å²) in [4.78, 5) is 38.9. The molecule has 37 heavy (non-hydrogen) atoms. The molecule has 0 saturated carbocycles. The Hall–Kier alpha value is -3.26.